The molecule has 7 heteroatoms. The number of nitrogens with zero attached hydrogens (tertiary/aromatic N) is 1. The molecule has 1 atom stereocenters. The summed E-state index contributed by atoms with van der Waals surface area (Å²) in [6.07, 6.45) is 4.64. The highest BCUT2D eigenvalue weighted by Gasteiger charge is 2.33. The molecule has 1 heterocycles. The smallest absolute Gasteiger partial charge is 0.259 e. The van der Waals surface area contributed by atoms with Crippen molar-refractivity contribution in [1.82, 2.24) is 0 Å². The van der Waals surface area contributed by atoms with E-state index in [9.17, 15) is 4.79 Å². The van der Waals surface area contributed by atoms with Crippen molar-refractivity contribution in [2.24, 2.45) is 16.3 Å². The third-order valence-corrected chi connectivity index (χ3v) is 7.97. The summed E-state index contributed by atoms with van der Waals surface area (Å²) in [6.45, 7) is 6.87. The number of benzene rings is 2. The second-order valence-corrected chi connectivity index (χ2v) is 11.3. The molecule has 1 aliphatic rings. The Morgan fingerprint density at radius 3 is 2.54 bits per heavy atom. The molecular weight excluding hydrogens is 480 g/mol. The number of halogens is 1. The number of hydrogen-bond acceptors (Lipinski definition) is 5. The number of ether oxygens (including phenoxy) is 2. The van der Waals surface area contributed by atoms with Gasteiger partial charge in [-0.25, -0.2) is 4.99 Å². The molecule has 0 saturated carbocycles. The van der Waals surface area contributed by atoms with Crippen LogP contribution in [0.15, 0.2) is 47.5 Å². The molecule has 0 spiro atoms. The quantitative estimate of drug-likeness (QED) is 0.348. The molecule has 3 aromatic rings. The lowest BCUT2D eigenvalue weighted by molar-refractivity contribution is 0.102. The fourth-order valence-corrected chi connectivity index (χ4v) is 5.90. The van der Waals surface area contributed by atoms with Crippen molar-refractivity contribution in [1.29, 1.82) is 0 Å². The van der Waals surface area contributed by atoms with Gasteiger partial charge in [0.2, 0.25) is 0 Å². The zero-order chi connectivity index (χ0) is 25.2. The van der Waals surface area contributed by atoms with E-state index in [0.717, 1.165) is 30.4 Å². The van der Waals surface area contributed by atoms with Crippen LogP contribution in [0.2, 0.25) is 5.02 Å². The van der Waals surface area contributed by atoms with Crippen molar-refractivity contribution in [3.63, 3.8) is 0 Å². The molecule has 0 aliphatic heterocycles. The number of nitrogens with one attached hydrogen (secondary N) is 1. The van der Waals surface area contributed by atoms with Crippen LogP contribution in [0.5, 0.6) is 11.5 Å². The number of aliphatic imine (C=N–C) groups is 1. The van der Waals surface area contributed by atoms with Gasteiger partial charge >= 0.3 is 0 Å². The Morgan fingerprint density at radius 2 is 1.89 bits per heavy atom. The first kappa shape index (κ1) is 25.3. The van der Waals surface area contributed by atoms with E-state index in [-0.39, 0.29) is 11.3 Å². The summed E-state index contributed by atoms with van der Waals surface area (Å²) in [6, 6.07) is 12.8. The van der Waals surface area contributed by atoms with Crippen LogP contribution in [0.3, 0.4) is 0 Å². The molecule has 0 fully saturated rings. The second kappa shape index (κ2) is 10.4. The zero-order valence-electron chi connectivity index (χ0n) is 20.8. The third kappa shape index (κ3) is 5.54. The number of rotatable bonds is 6. The molecule has 1 aliphatic carbocycles. The SMILES string of the molecule is COc1cccc(C=Nc2sc3c(c2C(=O)Nc2ccc(Cl)cc2)CCC(C(C)(C)C)C3)c1OC. The molecule has 4 rings (SSSR count). The fourth-order valence-electron chi connectivity index (χ4n) is 4.50. The van der Waals surface area contributed by atoms with Crippen LogP contribution >= 0.6 is 22.9 Å². The van der Waals surface area contributed by atoms with Crippen molar-refractivity contribution in [2.45, 2.75) is 40.0 Å². The van der Waals surface area contributed by atoms with Crippen molar-refractivity contribution in [3.05, 3.63) is 69.1 Å². The maximum Gasteiger partial charge on any atom is 0.259 e. The number of hydrogen-bond donors (Lipinski definition) is 1. The van der Waals surface area contributed by atoms with E-state index in [2.05, 4.69) is 26.1 Å². The molecule has 1 N–H and O–H groups in total. The largest absolute Gasteiger partial charge is 0.493 e. The van der Waals surface area contributed by atoms with Crippen LogP contribution in [0.4, 0.5) is 10.7 Å². The average molecular weight is 511 g/mol. The van der Waals surface area contributed by atoms with Crippen molar-refractivity contribution in [3.8, 4) is 11.5 Å². The Morgan fingerprint density at radius 1 is 1.14 bits per heavy atom. The number of fused-ring (bicyclic) bond motifs is 1. The molecule has 2 aromatic carbocycles. The minimum absolute atomic E-state index is 0.149. The highest BCUT2D eigenvalue weighted by atomic mass is 35.5. The van der Waals surface area contributed by atoms with Crippen molar-refractivity contribution < 1.29 is 14.3 Å². The molecule has 184 valence electrons. The third-order valence-electron chi connectivity index (χ3n) is 6.55. The lowest BCUT2D eigenvalue weighted by atomic mass is 9.72. The molecule has 0 bridgehead atoms. The van der Waals surface area contributed by atoms with Gasteiger partial charge in [-0.15, -0.1) is 11.3 Å². The lowest BCUT2D eigenvalue weighted by Gasteiger charge is -2.33. The highest BCUT2D eigenvalue weighted by molar-refractivity contribution is 7.16. The fraction of sp³-hybridized carbons (Fsp3) is 0.357. The predicted molar refractivity (Wildman–Crippen MR) is 145 cm³/mol. The maximum absolute atomic E-state index is 13.5. The van der Waals surface area contributed by atoms with Crippen molar-refractivity contribution in [2.75, 3.05) is 19.5 Å². The number of anilines is 1. The number of amides is 1. The van der Waals surface area contributed by atoms with Crippen LogP contribution < -0.4 is 14.8 Å². The summed E-state index contributed by atoms with van der Waals surface area (Å²) < 4.78 is 11.0. The maximum atomic E-state index is 13.5. The van der Waals surface area contributed by atoms with Gasteiger partial charge in [0.1, 0.15) is 5.00 Å². The normalized spacial score (nSPS) is 15.7. The first-order chi connectivity index (χ1) is 16.7. The Bertz CT molecular complexity index is 1240. The summed E-state index contributed by atoms with van der Waals surface area (Å²) in [7, 11) is 3.22. The standard InChI is InChI=1S/C28H31ClN2O3S/c1-28(2,3)18-9-14-21-23(15-18)35-27(24(21)26(32)31-20-12-10-19(29)11-13-20)30-16-17-7-6-8-22(33-4)25(17)34-5/h6-8,10-13,16,18H,9,14-15H2,1-5H3,(H,31,32). The molecule has 0 saturated heterocycles. The van der Waals surface area contributed by atoms with Crippen LogP contribution in [-0.4, -0.2) is 26.3 Å². The van der Waals surface area contributed by atoms with Crippen LogP contribution in [-0.2, 0) is 12.8 Å². The lowest BCUT2D eigenvalue weighted by Crippen LogP contribution is -2.27. The van der Waals surface area contributed by atoms with E-state index in [1.54, 1.807) is 56.0 Å². The minimum atomic E-state index is -0.149. The van der Waals surface area contributed by atoms with Gasteiger partial charge in [0.15, 0.2) is 11.5 Å². The monoisotopic (exact) mass is 510 g/mol. The number of methoxy groups -OCH3 is 2. The van der Waals surface area contributed by atoms with E-state index in [0.29, 0.717) is 38.7 Å². The van der Waals surface area contributed by atoms with E-state index in [1.807, 2.05) is 18.2 Å². The summed E-state index contributed by atoms with van der Waals surface area (Å²) in [5.74, 6) is 1.66. The van der Waals surface area contributed by atoms with Crippen LogP contribution in [0, 0.1) is 11.3 Å². The van der Waals surface area contributed by atoms with Gasteiger partial charge in [0.25, 0.3) is 5.91 Å². The Balaban J connectivity index is 1.73. The van der Waals surface area contributed by atoms with E-state index in [4.69, 9.17) is 26.1 Å². The minimum Gasteiger partial charge on any atom is -0.493 e. The molecule has 1 amide bonds. The van der Waals surface area contributed by atoms with E-state index in [1.165, 1.54) is 4.88 Å². The van der Waals surface area contributed by atoms with Gasteiger partial charge in [0.05, 0.1) is 19.8 Å². The molecular formula is C28H31ClN2O3S. The zero-order valence-corrected chi connectivity index (χ0v) is 22.3. The number of para-hydroxylation sites is 1. The Kier molecular flexibility index (Phi) is 7.53. The Labute approximate surface area is 216 Å². The Hall–Kier alpha value is -2.83. The summed E-state index contributed by atoms with van der Waals surface area (Å²) in [4.78, 5) is 19.6. The molecule has 5 nitrogen and oxygen atoms in total. The van der Waals surface area contributed by atoms with Crippen LogP contribution in [0.1, 0.15) is 53.6 Å². The predicted octanol–water partition coefficient (Wildman–Crippen LogP) is 7.57. The highest BCUT2D eigenvalue weighted by Crippen LogP contribution is 2.45. The van der Waals surface area contributed by atoms with Gasteiger partial charge in [-0.05, 0) is 72.6 Å². The van der Waals surface area contributed by atoms with Crippen molar-refractivity contribution >= 4 is 45.7 Å². The molecule has 35 heavy (non-hydrogen) atoms. The first-order valence-corrected chi connectivity index (χ1v) is 12.9. The molecule has 1 aromatic heterocycles. The molecule has 1 unspecified atom stereocenters. The topological polar surface area (TPSA) is 59.9 Å². The number of carbonyl (C=O) groups excluding carboxylic acids is 1. The second-order valence-electron chi connectivity index (χ2n) is 9.79. The van der Waals surface area contributed by atoms with Gasteiger partial charge in [-0.2, -0.15) is 0 Å². The molecule has 0 radical (unpaired) electrons. The van der Waals surface area contributed by atoms with Crippen LogP contribution in [0.25, 0.3) is 0 Å². The number of thiophene rings is 1. The van der Waals surface area contributed by atoms with Gasteiger partial charge in [0, 0.05) is 27.4 Å². The van der Waals surface area contributed by atoms with Gasteiger partial charge in [-0.3, -0.25) is 4.79 Å². The van der Waals surface area contributed by atoms with E-state index < -0.39 is 0 Å². The first-order valence-electron chi connectivity index (χ1n) is 11.7. The summed E-state index contributed by atoms with van der Waals surface area (Å²) in [5, 5.41) is 4.37. The van der Waals surface area contributed by atoms with Gasteiger partial charge in [-0.1, -0.05) is 38.4 Å². The van der Waals surface area contributed by atoms with Gasteiger partial charge < -0.3 is 14.8 Å². The average Bonchev–Trinajstić information content (AvgIpc) is 3.21. The summed E-state index contributed by atoms with van der Waals surface area (Å²) in [5.41, 5.74) is 3.48. The van der Waals surface area contributed by atoms with E-state index >= 15 is 0 Å². The number of carbonyl (C=O) groups is 1. The summed E-state index contributed by atoms with van der Waals surface area (Å²) >= 11 is 7.63.